The molecule has 0 aliphatic carbocycles. The highest BCUT2D eigenvalue weighted by Gasteiger charge is 2.27. The Morgan fingerprint density at radius 3 is 2.80 bits per heavy atom. The van der Waals surface area contributed by atoms with E-state index in [4.69, 9.17) is 4.74 Å². The number of alkyl carbamates (subject to hydrolysis) is 1. The Kier molecular flexibility index (Phi) is 6.92. The van der Waals surface area contributed by atoms with Crippen LogP contribution in [-0.2, 0) is 11.3 Å². The number of benzene rings is 1. The average Bonchev–Trinajstić information content (AvgIpc) is 3.16. The number of amides is 1. The lowest BCUT2D eigenvalue weighted by molar-refractivity contribution is 0.0507. The Morgan fingerprint density at radius 2 is 2.10 bits per heavy atom. The minimum atomic E-state index is -0.496. The monoisotopic (exact) mass is 409 g/mol. The van der Waals surface area contributed by atoms with Gasteiger partial charge in [0.1, 0.15) is 5.60 Å². The zero-order valence-electron chi connectivity index (χ0n) is 18.2. The molecule has 7 heteroatoms. The second-order valence-corrected chi connectivity index (χ2v) is 8.39. The van der Waals surface area contributed by atoms with Gasteiger partial charge in [0.25, 0.3) is 0 Å². The molecule has 1 aliphatic heterocycles. The quantitative estimate of drug-likeness (QED) is 0.598. The third-order valence-electron chi connectivity index (χ3n) is 4.76. The zero-order valence-corrected chi connectivity index (χ0v) is 18.2. The van der Waals surface area contributed by atoms with Gasteiger partial charge in [0, 0.05) is 38.4 Å². The molecule has 1 aromatic carbocycles. The van der Waals surface area contributed by atoms with Crippen molar-refractivity contribution in [2.24, 2.45) is 4.99 Å². The SMILES string of the molecule is CN=C(NCc1cccc(-c2ccccn2)c1)N1CCC(NC(=O)OC(C)(C)C)C1. The second-order valence-electron chi connectivity index (χ2n) is 8.39. The number of rotatable bonds is 4. The van der Waals surface area contributed by atoms with Gasteiger partial charge in [0.15, 0.2) is 5.96 Å². The fourth-order valence-corrected chi connectivity index (χ4v) is 3.43. The van der Waals surface area contributed by atoms with Gasteiger partial charge in [-0.05, 0) is 51.0 Å². The third kappa shape index (κ3) is 6.20. The number of nitrogens with one attached hydrogen (secondary N) is 2. The van der Waals surface area contributed by atoms with Gasteiger partial charge >= 0.3 is 6.09 Å². The number of hydrogen-bond donors (Lipinski definition) is 2. The van der Waals surface area contributed by atoms with Gasteiger partial charge in [-0.15, -0.1) is 0 Å². The van der Waals surface area contributed by atoms with Gasteiger partial charge in [0.05, 0.1) is 11.7 Å². The summed E-state index contributed by atoms with van der Waals surface area (Å²) in [5.74, 6) is 0.826. The molecular weight excluding hydrogens is 378 g/mol. The summed E-state index contributed by atoms with van der Waals surface area (Å²) in [5.41, 5.74) is 2.71. The lowest BCUT2D eigenvalue weighted by Crippen LogP contribution is -2.44. The smallest absolute Gasteiger partial charge is 0.407 e. The van der Waals surface area contributed by atoms with Crippen molar-refractivity contribution in [3.63, 3.8) is 0 Å². The van der Waals surface area contributed by atoms with Gasteiger partial charge in [0.2, 0.25) is 0 Å². The molecule has 0 spiro atoms. The molecule has 30 heavy (non-hydrogen) atoms. The molecular formula is C23H31N5O2. The number of ether oxygens (including phenoxy) is 1. The first-order chi connectivity index (χ1) is 14.3. The van der Waals surface area contributed by atoms with Gasteiger partial charge < -0.3 is 20.3 Å². The Labute approximate surface area is 178 Å². The maximum Gasteiger partial charge on any atom is 0.407 e. The number of hydrogen-bond acceptors (Lipinski definition) is 4. The van der Waals surface area contributed by atoms with E-state index in [9.17, 15) is 4.79 Å². The van der Waals surface area contributed by atoms with Crippen molar-refractivity contribution in [2.45, 2.75) is 45.4 Å². The summed E-state index contributed by atoms with van der Waals surface area (Å²) < 4.78 is 5.36. The van der Waals surface area contributed by atoms with Crippen LogP contribution in [0.1, 0.15) is 32.8 Å². The summed E-state index contributed by atoms with van der Waals surface area (Å²) in [6, 6.07) is 14.3. The zero-order chi connectivity index (χ0) is 21.6. The summed E-state index contributed by atoms with van der Waals surface area (Å²) >= 11 is 0. The molecule has 1 amide bonds. The van der Waals surface area contributed by atoms with Gasteiger partial charge in [-0.3, -0.25) is 9.98 Å². The number of likely N-dealkylation sites (tertiary alicyclic amines) is 1. The van der Waals surface area contributed by atoms with Crippen molar-refractivity contribution < 1.29 is 9.53 Å². The Bertz CT molecular complexity index is 877. The molecule has 1 unspecified atom stereocenters. The number of carbonyl (C=O) groups is 1. The maximum absolute atomic E-state index is 12.0. The fourth-order valence-electron chi connectivity index (χ4n) is 3.43. The summed E-state index contributed by atoms with van der Waals surface area (Å²) in [6.45, 7) is 7.78. The first-order valence-corrected chi connectivity index (χ1v) is 10.3. The molecule has 1 fully saturated rings. The van der Waals surface area contributed by atoms with Crippen LogP contribution in [-0.4, -0.2) is 53.7 Å². The molecule has 0 saturated carbocycles. The second kappa shape index (κ2) is 9.61. The molecule has 1 aliphatic rings. The molecule has 1 aromatic heterocycles. The molecule has 0 radical (unpaired) electrons. The Balaban J connectivity index is 1.54. The van der Waals surface area contributed by atoms with Gasteiger partial charge in [-0.2, -0.15) is 0 Å². The number of aliphatic imine (C=N–C) groups is 1. The Morgan fingerprint density at radius 1 is 1.27 bits per heavy atom. The molecule has 3 rings (SSSR count). The molecule has 1 atom stereocenters. The molecule has 0 bridgehead atoms. The largest absolute Gasteiger partial charge is 0.444 e. The van der Waals surface area contributed by atoms with Crippen molar-refractivity contribution in [1.29, 1.82) is 0 Å². The van der Waals surface area contributed by atoms with Gasteiger partial charge in [-0.1, -0.05) is 24.3 Å². The standard InChI is InChI=1S/C23H31N5O2/c1-23(2,3)30-22(29)27-19-11-13-28(16-19)21(24-4)26-15-17-8-7-9-18(14-17)20-10-5-6-12-25-20/h5-10,12,14,19H,11,13,15-16H2,1-4H3,(H,24,26)(H,27,29). The number of nitrogens with zero attached hydrogens (tertiary/aromatic N) is 3. The summed E-state index contributed by atoms with van der Waals surface area (Å²) in [7, 11) is 1.78. The lowest BCUT2D eigenvalue weighted by atomic mass is 10.1. The molecule has 2 N–H and O–H groups in total. The summed E-state index contributed by atoms with van der Waals surface area (Å²) in [4.78, 5) is 23.0. The maximum atomic E-state index is 12.0. The van der Waals surface area contributed by atoms with E-state index in [1.807, 2.05) is 45.0 Å². The van der Waals surface area contributed by atoms with Crippen molar-refractivity contribution in [3.05, 3.63) is 54.2 Å². The number of guanidine groups is 1. The lowest BCUT2D eigenvalue weighted by Gasteiger charge is -2.23. The normalized spacial score (nSPS) is 17.0. The molecule has 1 saturated heterocycles. The van der Waals surface area contributed by atoms with E-state index < -0.39 is 5.60 Å². The van der Waals surface area contributed by atoms with Crippen LogP contribution in [0.5, 0.6) is 0 Å². The highest BCUT2D eigenvalue weighted by Crippen LogP contribution is 2.18. The van der Waals surface area contributed by atoms with Crippen LogP contribution in [0.15, 0.2) is 53.7 Å². The summed E-state index contributed by atoms with van der Waals surface area (Å²) in [6.07, 6.45) is 2.29. The van der Waals surface area contributed by atoms with E-state index in [2.05, 4.69) is 43.7 Å². The number of pyridine rings is 1. The van der Waals surface area contributed by atoms with Crippen LogP contribution >= 0.6 is 0 Å². The van der Waals surface area contributed by atoms with E-state index in [-0.39, 0.29) is 12.1 Å². The molecule has 7 nitrogen and oxygen atoms in total. The van der Waals surface area contributed by atoms with Gasteiger partial charge in [-0.25, -0.2) is 4.79 Å². The fraction of sp³-hybridized carbons (Fsp3) is 0.435. The molecule has 160 valence electrons. The highest BCUT2D eigenvalue weighted by molar-refractivity contribution is 5.80. The summed E-state index contributed by atoms with van der Waals surface area (Å²) in [5, 5.41) is 6.38. The molecule has 2 aromatic rings. The van der Waals surface area contributed by atoms with Crippen LogP contribution in [0.3, 0.4) is 0 Å². The Hall–Kier alpha value is -3.09. The van der Waals surface area contributed by atoms with Crippen LogP contribution in [0.2, 0.25) is 0 Å². The van der Waals surface area contributed by atoms with Crippen molar-refractivity contribution in [3.8, 4) is 11.3 Å². The van der Waals surface area contributed by atoms with Crippen LogP contribution in [0, 0.1) is 0 Å². The van der Waals surface area contributed by atoms with E-state index in [0.717, 1.165) is 35.7 Å². The minimum absolute atomic E-state index is 0.0471. The predicted molar refractivity (Wildman–Crippen MR) is 119 cm³/mol. The van der Waals surface area contributed by atoms with Crippen molar-refractivity contribution in [1.82, 2.24) is 20.5 Å². The van der Waals surface area contributed by atoms with E-state index in [1.54, 1.807) is 13.2 Å². The minimum Gasteiger partial charge on any atom is -0.444 e. The topological polar surface area (TPSA) is 78.9 Å². The molecule has 2 heterocycles. The first kappa shape index (κ1) is 21.6. The number of aromatic nitrogens is 1. The predicted octanol–water partition coefficient (Wildman–Crippen LogP) is 3.42. The van der Waals surface area contributed by atoms with Crippen LogP contribution in [0.4, 0.5) is 4.79 Å². The third-order valence-corrected chi connectivity index (χ3v) is 4.76. The number of carbonyl (C=O) groups excluding carboxylic acids is 1. The van der Waals surface area contributed by atoms with Crippen molar-refractivity contribution >= 4 is 12.1 Å². The van der Waals surface area contributed by atoms with Crippen LogP contribution < -0.4 is 10.6 Å². The van der Waals surface area contributed by atoms with E-state index in [1.165, 1.54) is 0 Å². The highest BCUT2D eigenvalue weighted by atomic mass is 16.6. The average molecular weight is 410 g/mol. The van der Waals surface area contributed by atoms with E-state index >= 15 is 0 Å². The van der Waals surface area contributed by atoms with Crippen LogP contribution in [0.25, 0.3) is 11.3 Å². The van der Waals surface area contributed by atoms with Crippen molar-refractivity contribution in [2.75, 3.05) is 20.1 Å². The van der Waals surface area contributed by atoms with E-state index in [0.29, 0.717) is 13.1 Å². The first-order valence-electron chi connectivity index (χ1n) is 10.3.